The van der Waals surface area contributed by atoms with Gasteiger partial charge in [0, 0.05) is 56.8 Å². The maximum Gasteiger partial charge on any atom is 0.231 e. The van der Waals surface area contributed by atoms with Crippen LogP contribution in [0.2, 0.25) is 0 Å². The highest BCUT2D eigenvalue weighted by molar-refractivity contribution is 5.57. The van der Waals surface area contributed by atoms with Crippen LogP contribution < -0.4 is 15.0 Å². The van der Waals surface area contributed by atoms with E-state index in [-0.39, 0.29) is 6.04 Å². The lowest BCUT2D eigenvalue weighted by Gasteiger charge is -2.23. The van der Waals surface area contributed by atoms with Crippen LogP contribution >= 0.6 is 0 Å². The van der Waals surface area contributed by atoms with Crippen LogP contribution in [0.15, 0.2) is 47.1 Å². The van der Waals surface area contributed by atoms with E-state index in [0.29, 0.717) is 42.4 Å². The highest BCUT2D eigenvalue weighted by atomic mass is 16.5. The van der Waals surface area contributed by atoms with Gasteiger partial charge in [0.2, 0.25) is 11.8 Å². The molecular weight excluding hydrogens is 448 g/mol. The Morgan fingerprint density at radius 2 is 2.09 bits per heavy atom. The largest absolute Gasteiger partial charge is 0.477 e. The summed E-state index contributed by atoms with van der Waals surface area (Å²) in [6.45, 7) is 3.84. The summed E-state index contributed by atoms with van der Waals surface area (Å²) in [4.78, 5) is 16.0. The summed E-state index contributed by atoms with van der Waals surface area (Å²) >= 11 is 0. The number of aryl methyl sites for hydroxylation is 1. The van der Waals surface area contributed by atoms with Gasteiger partial charge in [0.1, 0.15) is 11.5 Å². The number of H-pyrrole nitrogens is 1. The Labute approximate surface area is 202 Å². The maximum absolute atomic E-state index is 5.92. The summed E-state index contributed by atoms with van der Waals surface area (Å²) < 4.78 is 16.8. The molecule has 4 aromatic rings. The van der Waals surface area contributed by atoms with Crippen LogP contribution in [-0.4, -0.2) is 57.2 Å². The van der Waals surface area contributed by atoms with Gasteiger partial charge in [0.15, 0.2) is 11.6 Å². The van der Waals surface area contributed by atoms with Gasteiger partial charge in [-0.1, -0.05) is 11.2 Å². The minimum Gasteiger partial charge on any atom is -0.477 e. The first-order valence-corrected chi connectivity index (χ1v) is 11.6. The fourth-order valence-corrected chi connectivity index (χ4v) is 4.06. The van der Waals surface area contributed by atoms with Crippen LogP contribution in [0.3, 0.4) is 0 Å². The first-order chi connectivity index (χ1) is 17.2. The third-order valence-corrected chi connectivity index (χ3v) is 5.69. The molecule has 0 radical (unpaired) electrons. The second-order valence-corrected chi connectivity index (χ2v) is 8.33. The van der Waals surface area contributed by atoms with Crippen molar-refractivity contribution in [2.75, 3.05) is 37.1 Å². The molecule has 0 spiro atoms. The molecule has 11 heteroatoms. The Hall–Kier alpha value is -3.99. The van der Waals surface area contributed by atoms with Gasteiger partial charge in [-0.2, -0.15) is 15.1 Å². The summed E-state index contributed by atoms with van der Waals surface area (Å²) in [6, 6.07) is 11.3. The predicted molar refractivity (Wildman–Crippen MR) is 130 cm³/mol. The highest BCUT2D eigenvalue weighted by Gasteiger charge is 2.32. The van der Waals surface area contributed by atoms with Gasteiger partial charge in [0.05, 0.1) is 18.3 Å². The summed E-state index contributed by atoms with van der Waals surface area (Å²) in [5.74, 6) is 3.07. The number of methoxy groups -OCH3 is 1. The number of hydrogen-bond acceptors (Lipinski definition) is 10. The SMILES string of the molecule is COCCCOc1cc(Nc2cc(C)[nH]n2)nc(N2CCC[C@H]2c2cc(-c3ccccn3)no2)n1. The van der Waals surface area contributed by atoms with E-state index in [0.717, 1.165) is 43.0 Å². The molecule has 0 unspecified atom stereocenters. The fraction of sp³-hybridized carbons (Fsp3) is 0.375. The van der Waals surface area contributed by atoms with E-state index < -0.39 is 0 Å². The van der Waals surface area contributed by atoms with Gasteiger partial charge in [-0.15, -0.1) is 0 Å². The first kappa shape index (κ1) is 22.8. The van der Waals surface area contributed by atoms with E-state index in [1.54, 1.807) is 19.4 Å². The number of nitrogens with zero attached hydrogens (tertiary/aromatic N) is 6. The summed E-state index contributed by atoms with van der Waals surface area (Å²) in [5.41, 5.74) is 2.43. The maximum atomic E-state index is 5.92. The molecule has 0 bridgehead atoms. The topological polar surface area (TPSA) is 127 Å². The number of aromatic nitrogens is 6. The molecular formula is C24H28N8O3. The van der Waals surface area contributed by atoms with Crippen LogP contribution in [0.5, 0.6) is 5.88 Å². The van der Waals surface area contributed by atoms with Crippen LogP contribution in [0.4, 0.5) is 17.6 Å². The van der Waals surface area contributed by atoms with Crippen LogP contribution in [0.25, 0.3) is 11.4 Å². The summed E-state index contributed by atoms with van der Waals surface area (Å²) in [6.07, 6.45) is 4.39. The number of anilines is 3. The number of ether oxygens (including phenoxy) is 2. The van der Waals surface area contributed by atoms with E-state index >= 15 is 0 Å². The third-order valence-electron chi connectivity index (χ3n) is 5.69. The fourth-order valence-electron chi connectivity index (χ4n) is 4.06. The van der Waals surface area contributed by atoms with Gasteiger partial charge in [0.25, 0.3) is 0 Å². The average Bonchev–Trinajstić information content (AvgIpc) is 3.63. The Balaban J connectivity index is 1.41. The molecule has 1 aliphatic rings. The third kappa shape index (κ3) is 5.40. The van der Waals surface area contributed by atoms with Crippen LogP contribution in [-0.2, 0) is 4.74 Å². The Kier molecular flexibility index (Phi) is 6.85. The van der Waals surface area contributed by atoms with Crippen molar-refractivity contribution in [1.82, 2.24) is 30.3 Å². The molecule has 11 nitrogen and oxygen atoms in total. The number of aromatic amines is 1. The smallest absolute Gasteiger partial charge is 0.231 e. The molecule has 4 aromatic heterocycles. The molecule has 0 saturated carbocycles. The summed E-state index contributed by atoms with van der Waals surface area (Å²) in [5, 5.41) is 14.7. The molecule has 182 valence electrons. The van der Waals surface area contributed by atoms with Gasteiger partial charge >= 0.3 is 0 Å². The second-order valence-electron chi connectivity index (χ2n) is 8.33. The molecule has 35 heavy (non-hydrogen) atoms. The van der Waals surface area contributed by atoms with Crippen molar-refractivity contribution in [1.29, 1.82) is 0 Å². The summed E-state index contributed by atoms with van der Waals surface area (Å²) in [7, 11) is 1.67. The van der Waals surface area contributed by atoms with E-state index in [4.69, 9.17) is 24.0 Å². The monoisotopic (exact) mass is 476 g/mol. The number of pyridine rings is 1. The molecule has 0 amide bonds. The van der Waals surface area contributed by atoms with Crippen molar-refractivity contribution in [2.45, 2.75) is 32.2 Å². The van der Waals surface area contributed by atoms with Crippen molar-refractivity contribution in [3.63, 3.8) is 0 Å². The van der Waals surface area contributed by atoms with Crippen molar-refractivity contribution in [3.8, 4) is 17.3 Å². The molecule has 5 rings (SSSR count). The van der Waals surface area contributed by atoms with E-state index in [1.165, 1.54) is 0 Å². The molecule has 1 fully saturated rings. The number of nitrogens with one attached hydrogen (secondary N) is 2. The van der Waals surface area contributed by atoms with E-state index in [2.05, 4.69) is 30.6 Å². The lowest BCUT2D eigenvalue weighted by Crippen LogP contribution is -2.25. The van der Waals surface area contributed by atoms with Crippen molar-refractivity contribution in [2.24, 2.45) is 0 Å². The normalized spacial score (nSPS) is 15.5. The van der Waals surface area contributed by atoms with Crippen LogP contribution in [0.1, 0.15) is 36.8 Å². The quantitative estimate of drug-likeness (QED) is 0.323. The molecule has 1 saturated heterocycles. The molecule has 0 aliphatic carbocycles. The van der Waals surface area contributed by atoms with Gasteiger partial charge in [-0.3, -0.25) is 10.1 Å². The van der Waals surface area contributed by atoms with E-state index in [1.807, 2.05) is 37.3 Å². The lowest BCUT2D eigenvalue weighted by molar-refractivity contribution is 0.170. The van der Waals surface area contributed by atoms with Crippen LogP contribution in [0, 0.1) is 6.92 Å². The zero-order valence-corrected chi connectivity index (χ0v) is 19.8. The molecule has 2 N–H and O–H groups in total. The second kappa shape index (κ2) is 10.5. The first-order valence-electron chi connectivity index (χ1n) is 11.6. The lowest BCUT2D eigenvalue weighted by atomic mass is 10.1. The van der Waals surface area contributed by atoms with Gasteiger partial charge in [-0.05, 0) is 31.9 Å². The van der Waals surface area contributed by atoms with Gasteiger partial charge in [-0.25, -0.2) is 0 Å². The van der Waals surface area contributed by atoms with Gasteiger partial charge < -0.3 is 24.2 Å². The number of hydrogen-bond donors (Lipinski definition) is 2. The Morgan fingerprint density at radius 3 is 2.89 bits per heavy atom. The highest BCUT2D eigenvalue weighted by Crippen LogP contribution is 2.37. The van der Waals surface area contributed by atoms with Crippen molar-refractivity contribution in [3.05, 3.63) is 54.0 Å². The van der Waals surface area contributed by atoms with E-state index in [9.17, 15) is 0 Å². The zero-order chi connectivity index (χ0) is 24.0. The minimum atomic E-state index is -0.0378. The Morgan fingerprint density at radius 1 is 1.14 bits per heavy atom. The average molecular weight is 477 g/mol. The minimum absolute atomic E-state index is 0.0378. The van der Waals surface area contributed by atoms with Crippen molar-refractivity contribution < 1.29 is 14.0 Å². The molecule has 5 heterocycles. The van der Waals surface area contributed by atoms with Crippen molar-refractivity contribution >= 4 is 17.6 Å². The predicted octanol–water partition coefficient (Wildman–Crippen LogP) is 4.06. The molecule has 1 atom stereocenters. The molecule has 1 aliphatic heterocycles. The molecule has 0 aromatic carbocycles. The number of rotatable bonds is 10. The zero-order valence-electron chi connectivity index (χ0n) is 19.8. The Bertz CT molecular complexity index is 1240. The standard InChI is InChI=1S/C24H28N8O3/c1-16-13-22(30-29-16)26-21-15-23(34-12-6-11-33-2)28-24(27-21)32-10-5-8-19(32)20-14-18(31-35-20)17-7-3-4-9-25-17/h3-4,7,9,13-15,19H,5-6,8,10-12H2,1-2H3,(H2,26,27,28,29,30)/t19-/m0/s1.